The number of nitrogens with one attached hydrogen (secondary N) is 1. The van der Waals surface area contributed by atoms with Crippen LogP contribution in [-0.2, 0) is 6.42 Å². The summed E-state index contributed by atoms with van der Waals surface area (Å²) in [6.45, 7) is 6.08. The number of pyridine rings is 1. The molecule has 0 unspecified atom stereocenters. The summed E-state index contributed by atoms with van der Waals surface area (Å²) in [4.78, 5) is 14.2. The Morgan fingerprint density at radius 1 is 1.42 bits per heavy atom. The fourth-order valence-electron chi connectivity index (χ4n) is 1.19. The predicted octanol–water partition coefficient (Wildman–Crippen LogP) is 2.06. The van der Waals surface area contributed by atoms with E-state index < -0.39 is 0 Å². The van der Waals surface area contributed by atoms with Crippen LogP contribution in [0.25, 0.3) is 0 Å². The lowest BCUT2D eigenvalue weighted by Crippen LogP contribution is -2.14. The summed E-state index contributed by atoms with van der Waals surface area (Å²) in [5.74, 6) is 0.305. The maximum atomic E-state index is 11.4. The van der Waals surface area contributed by atoms with Gasteiger partial charge in [-0.1, -0.05) is 26.8 Å². The zero-order valence-corrected chi connectivity index (χ0v) is 7.85. The second kappa shape index (κ2) is 3.57. The Labute approximate surface area is 72.6 Å². The Bertz CT molecular complexity index is 312. The van der Waals surface area contributed by atoms with Crippen LogP contribution >= 0.6 is 0 Å². The van der Waals surface area contributed by atoms with Gasteiger partial charge in [-0.25, -0.2) is 0 Å². The Balaban J connectivity index is 3.12. The number of aromatic nitrogens is 1. The first-order valence-electron chi connectivity index (χ1n) is 4.37. The van der Waals surface area contributed by atoms with E-state index in [4.69, 9.17) is 0 Å². The highest BCUT2D eigenvalue weighted by Gasteiger charge is 2.03. The van der Waals surface area contributed by atoms with Crippen LogP contribution in [0.4, 0.5) is 0 Å². The monoisotopic (exact) mass is 165 g/mol. The van der Waals surface area contributed by atoms with Gasteiger partial charge in [0.2, 0.25) is 0 Å². The second-order valence-electron chi connectivity index (χ2n) is 3.28. The van der Waals surface area contributed by atoms with Gasteiger partial charge in [0.1, 0.15) is 0 Å². The van der Waals surface area contributed by atoms with E-state index in [0.717, 1.165) is 17.7 Å². The molecule has 1 N–H and O–H groups in total. The molecule has 12 heavy (non-hydrogen) atoms. The molecule has 0 fully saturated rings. The molecule has 1 heterocycles. The van der Waals surface area contributed by atoms with Gasteiger partial charge in [0.05, 0.1) is 0 Å². The number of rotatable bonds is 2. The number of aryl methyl sites for hydroxylation is 1. The normalized spacial score (nSPS) is 10.7. The molecule has 0 aliphatic heterocycles. The number of hydrogen-bond donors (Lipinski definition) is 1. The summed E-state index contributed by atoms with van der Waals surface area (Å²) < 4.78 is 0. The summed E-state index contributed by atoms with van der Waals surface area (Å²) in [5, 5.41) is 0. The third-order valence-electron chi connectivity index (χ3n) is 2.00. The van der Waals surface area contributed by atoms with Crippen LogP contribution in [0.5, 0.6) is 0 Å². The zero-order chi connectivity index (χ0) is 9.14. The van der Waals surface area contributed by atoms with Crippen LogP contribution in [0.2, 0.25) is 0 Å². The molecule has 0 spiro atoms. The number of hydrogen-bond acceptors (Lipinski definition) is 1. The minimum atomic E-state index is 0.0596. The maximum absolute atomic E-state index is 11.4. The Morgan fingerprint density at radius 3 is 2.50 bits per heavy atom. The highest BCUT2D eigenvalue weighted by atomic mass is 16.1. The highest BCUT2D eigenvalue weighted by Crippen LogP contribution is 2.08. The molecule has 0 atom stereocenters. The largest absolute Gasteiger partial charge is 0.326 e. The van der Waals surface area contributed by atoms with Crippen LogP contribution in [-0.4, -0.2) is 4.98 Å². The average Bonchev–Trinajstić information content (AvgIpc) is 2.03. The minimum absolute atomic E-state index is 0.0596. The minimum Gasteiger partial charge on any atom is -0.326 e. The van der Waals surface area contributed by atoms with Crippen molar-refractivity contribution < 1.29 is 0 Å². The standard InChI is InChI=1S/C10H15NO/c1-4-8-5-6-9(7(2)3)10(12)11-8/h5-7H,4H2,1-3H3,(H,11,12). The van der Waals surface area contributed by atoms with Gasteiger partial charge in [0.15, 0.2) is 0 Å². The smallest absolute Gasteiger partial charge is 0.251 e. The van der Waals surface area contributed by atoms with E-state index in [0.29, 0.717) is 5.92 Å². The summed E-state index contributed by atoms with van der Waals surface area (Å²) in [5.41, 5.74) is 1.93. The molecule has 0 radical (unpaired) electrons. The van der Waals surface area contributed by atoms with Crippen molar-refractivity contribution >= 4 is 0 Å². The van der Waals surface area contributed by atoms with Crippen molar-refractivity contribution in [1.82, 2.24) is 4.98 Å². The molecule has 0 saturated heterocycles. The molecule has 1 aromatic rings. The van der Waals surface area contributed by atoms with Gasteiger partial charge in [0.25, 0.3) is 5.56 Å². The van der Waals surface area contributed by atoms with Crippen LogP contribution in [0.1, 0.15) is 37.9 Å². The van der Waals surface area contributed by atoms with E-state index in [1.807, 2.05) is 32.9 Å². The Hall–Kier alpha value is -1.05. The van der Waals surface area contributed by atoms with Crippen molar-refractivity contribution in [2.45, 2.75) is 33.1 Å². The topological polar surface area (TPSA) is 32.9 Å². The van der Waals surface area contributed by atoms with Gasteiger partial charge in [0, 0.05) is 11.3 Å². The van der Waals surface area contributed by atoms with Crippen LogP contribution in [0, 0.1) is 0 Å². The van der Waals surface area contributed by atoms with E-state index in [1.54, 1.807) is 0 Å². The lowest BCUT2D eigenvalue weighted by Gasteiger charge is -2.04. The summed E-state index contributed by atoms with van der Waals surface area (Å²) in [6, 6.07) is 3.90. The second-order valence-corrected chi connectivity index (χ2v) is 3.28. The van der Waals surface area contributed by atoms with Gasteiger partial charge in [-0.2, -0.15) is 0 Å². The van der Waals surface area contributed by atoms with Crippen molar-refractivity contribution in [2.75, 3.05) is 0 Å². The van der Waals surface area contributed by atoms with Gasteiger partial charge < -0.3 is 4.98 Å². The molecule has 66 valence electrons. The van der Waals surface area contributed by atoms with Crippen LogP contribution < -0.4 is 5.56 Å². The van der Waals surface area contributed by atoms with E-state index >= 15 is 0 Å². The van der Waals surface area contributed by atoms with Crippen molar-refractivity contribution in [2.24, 2.45) is 0 Å². The molecule has 0 aliphatic rings. The van der Waals surface area contributed by atoms with E-state index in [-0.39, 0.29) is 5.56 Å². The van der Waals surface area contributed by atoms with Crippen molar-refractivity contribution in [1.29, 1.82) is 0 Å². The first-order valence-corrected chi connectivity index (χ1v) is 4.37. The van der Waals surface area contributed by atoms with Gasteiger partial charge >= 0.3 is 0 Å². The highest BCUT2D eigenvalue weighted by molar-refractivity contribution is 5.17. The number of H-pyrrole nitrogens is 1. The molecule has 2 nitrogen and oxygen atoms in total. The molecule has 1 aromatic heterocycles. The third kappa shape index (κ3) is 1.76. The van der Waals surface area contributed by atoms with E-state index in [1.165, 1.54) is 0 Å². The summed E-state index contributed by atoms with van der Waals surface area (Å²) >= 11 is 0. The Kier molecular flexibility index (Phi) is 2.69. The van der Waals surface area contributed by atoms with Crippen molar-refractivity contribution in [3.8, 4) is 0 Å². The molecular formula is C10H15NO. The molecule has 0 amide bonds. The molecule has 0 saturated carbocycles. The average molecular weight is 165 g/mol. The van der Waals surface area contributed by atoms with Gasteiger partial charge in [-0.3, -0.25) is 4.79 Å². The van der Waals surface area contributed by atoms with Gasteiger partial charge in [-0.05, 0) is 18.4 Å². The first-order chi connectivity index (χ1) is 5.65. The summed E-state index contributed by atoms with van der Waals surface area (Å²) in [6.07, 6.45) is 0.883. The van der Waals surface area contributed by atoms with Crippen molar-refractivity contribution in [3.05, 3.63) is 33.7 Å². The molecule has 1 rings (SSSR count). The molecule has 0 bridgehead atoms. The fourth-order valence-corrected chi connectivity index (χ4v) is 1.19. The molecule has 0 aromatic carbocycles. The van der Waals surface area contributed by atoms with Crippen LogP contribution in [0.15, 0.2) is 16.9 Å². The lowest BCUT2D eigenvalue weighted by molar-refractivity contribution is 0.834. The molecule has 0 aliphatic carbocycles. The van der Waals surface area contributed by atoms with Crippen molar-refractivity contribution in [3.63, 3.8) is 0 Å². The SMILES string of the molecule is CCc1ccc(C(C)C)c(=O)[nH]1. The predicted molar refractivity (Wildman–Crippen MR) is 50.5 cm³/mol. The quantitative estimate of drug-likeness (QED) is 0.714. The van der Waals surface area contributed by atoms with E-state index in [9.17, 15) is 4.79 Å². The lowest BCUT2D eigenvalue weighted by atomic mass is 10.1. The Morgan fingerprint density at radius 2 is 2.08 bits per heavy atom. The fraction of sp³-hybridized carbons (Fsp3) is 0.500. The third-order valence-corrected chi connectivity index (χ3v) is 2.00. The van der Waals surface area contributed by atoms with E-state index in [2.05, 4.69) is 4.98 Å². The number of aromatic amines is 1. The maximum Gasteiger partial charge on any atom is 0.251 e. The summed E-state index contributed by atoms with van der Waals surface area (Å²) in [7, 11) is 0. The molecular weight excluding hydrogens is 150 g/mol. The first kappa shape index (κ1) is 9.04. The molecule has 2 heteroatoms. The van der Waals surface area contributed by atoms with Crippen LogP contribution in [0.3, 0.4) is 0 Å². The zero-order valence-electron chi connectivity index (χ0n) is 7.85. The van der Waals surface area contributed by atoms with Gasteiger partial charge in [-0.15, -0.1) is 0 Å².